The zero-order chi connectivity index (χ0) is 43.9. The number of likely N-dealkylation sites (tertiary alicyclic amines) is 1. The summed E-state index contributed by atoms with van der Waals surface area (Å²) in [5, 5.41) is 2.08. The van der Waals surface area contributed by atoms with Crippen molar-refractivity contribution in [3.63, 3.8) is 0 Å². The van der Waals surface area contributed by atoms with Crippen molar-refractivity contribution >= 4 is 24.7 Å². The van der Waals surface area contributed by atoms with Crippen molar-refractivity contribution in [1.82, 2.24) is 4.90 Å². The van der Waals surface area contributed by atoms with Crippen LogP contribution < -0.4 is 10.4 Å². The molecule has 63 heavy (non-hydrogen) atoms. The highest BCUT2D eigenvalue weighted by molar-refractivity contribution is 6.99. The van der Waals surface area contributed by atoms with Crippen LogP contribution in [0.25, 0.3) is 0 Å². The Morgan fingerprint density at radius 1 is 0.540 bits per heavy atom. The molecule has 5 atom stereocenters. The number of nitrogens with zero attached hydrogens (tertiary/aromatic N) is 1. The molecule has 7 rings (SSSR count). The topological polar surface area (TPSA) is 66.5 Å². The van der Waals surface area contributed by atoms with Crippen LogP contribution in [0.15, 0.2) is 195 Å². The van der Waals surface area contributed by atoms with E-state index in [1.807, 2.05) is 91.0 Å². The van der Waals surface area contributed by atoms with Crippen LogP contribution in [0.1, 0.15) is 49.4 Å². The molecule has 1 saturated heterocycles. The molecule has 0 spiro atoms. The van der Waals surface area contributed by atoms with Crippen molar-refractivity contribution in [3.8, 4) is 0 Å². The number of rotatable bonds is 20. The molecule has 0 bridgehead atoms. The van der Waals surface area contributed by atoms with E-state index in [9.17, 15) is 4.79 Å². The maximum atomic E-state index is 14.2. The van der Waals surface area contributed by atoms with Gasteiger partial charge in [0, 0.05) is 12.6 Å². The van der Waals surface area contributed by atoms with E-state index in [1.165, 1.54) is 10.4 Å². The van der Waals surface area contributed by atoms with Crippen molar-refractivity contribution in [2.45, 2.75) is 89.1 Å². The van der Waals surface area contributed by atoms with Crippen LogP contribution in [0.5, 0.6) is 0 Å². The first-order chi connectivity index (χ1) is 30.8. The summed E-state index contributed by atoms with van der Waals surface area (Å²) in [6.07, 6.45) is 0.129. The number of carbonyl (C=O) groups is 1. The van der Waals surface area contributed by atoms with E-state index < -0.39 is 38.7 Å². The normalized spacial score (nSPS) is 19.3. The van der Waals surface area contributed by atoms with E-state index in [0.29, 0.717) is 26.4 Å². The van der Waals surface area contributed by atoms with E-state index >= 15 is 0 Å². The molecule has 1 aliphatic heterocycles. The molecule has 0 aliphatic carbocycles. The third-order valence-electron chi connectivity index (χ3n) is 12.0. The van der Waals surface area contributed by atoms with Crippen molar-refractivity contribution in [1.29, 1.82) is 0 Å². The number of hydrogen-bond donors (Lipinski definition) is 0. The van der Waals surface area contributed by atoms with Gasteiger partial charge in [0.1, 0.15) is 24.9 Å². The van der Waals surface area contributed by atoms with Gasteiger partial charge in [-0.15, -0.1) is 6.58 Å². The molecule has 7 nitrogen and oxygen atoms in total. The van der Waals surface area contributed by atoms with Gasteiger partial charge in [0.15, 0.2) is 0 Å². The molecule has 6 aromatic rings. The van der Waals surface area contributed by atoms with Gasteiger partial charge in [-0.2, -0.15) is 0 Å². The average molecular weight is 860 g/mol. The smallest absolute Gasteiger partial charge is 0.307 e. The average Bonchev–Trinajstić information content (AvgIpc) is 3.32. The molecule has 0 saturated carbocycles. The van der Waals surface area contributed by atoms with Crippen LogP contribution in [0, 0.1) is 0 Å². The Balaban J connectivity index is 1.35. The Kier molecular flexibility index (Phi) is 16.1. The van der Waals surface area contributed by atoms with Crippen LogP contribution >= 0.6 is 0 Å². The molecule has 0 unspecified atom stereocenters. The summed E-state index contributed by atoms with van der Waals surface area (Å²) in [6, 6.07) is 60.7. The predicted octanol–water partition coefficient (Wildman–Crippen LogP) is 9.69. The van der Waals surface area contributed by atoms with Crippen LogP contribution in [-0.2, 0) is 54.6 Å². The third kappa shape index (κ3) is 11.6. The van der Waals surface area contributed by atoms with Gasteiger partial charge in [0.2, 0.25) is 0 Å². The van der Waals surface area contributed by atoms with Crippen molar-refractivity contribution in [3.05, 3.63) is 217 Å². The summed E-state index contributed by atoms with van der Waals surface area (Å²) in [7, 11) is -3.05. The summed E-state index contributed by atoms with van der Waals surface area (Å²) < 4.78 is 35.2. The fourth-order valence-corrected chi connectivity index (χ4v) is 13.5. The van der Waals surface area contributed by atoms with Gasteiger partial charge in [-0.25, -0.2) is 0 Å². The Morgan fingerprint density at radius 3 is 1.30 bits per heavy atom. The van der Waals surface area contributed by atoms with E-state index in [-0.39, 0.29) is 30.6 Å². The maximum Gasteiger partial charge on any atom is 0.307 e. The summed E-state index contributed by atoms with van der Waals surface area (Å²) in [6.45, 7) is 13.0. The molecule has 1 fully saturated rings. The standard InChI is InChI=1S/C55H61NO6Si/c1-5-36-56-49(37-51(57)58-38-43-24-12-6-13-25-43)52(59-39-44-26-14-7-15-27-44)54(61-41-46-30-18-9-19-31-46)53(60-40-45-28-16-8-17-29-45)50(56)42-62-63(55(2,3)4,47-32-20-10-21-33-47)48-34-22-11-23-35-48/h5-35,49-50,52-54H,1,36-42H2,2-4H3/t49-,50-,52-,53+,54+/m0/s1. The fourth-order valence-electron chi connectivity index (χ4n) is 8.93. The highest BCUT2D eigenvalue weighted by Gasteiger charge is 2.55. The minimum absolute atomic E-state index is 0.0481. The van der Waals surface area contributed by atoms with Gasteiger partial charge in [-0.3, -0.25) is 9.69 Å². The number of piperidine rings is 1. The highest BCUT2D eigenvalue weighted by atomic mass is 28.4. The first-order valence-corrected chi connectivity index (χ1v) is 24.0. The monoisotopic (exact) mass is 859 g/mol. The third-order valence-corrected chi connectivity index (χ3v) is 17.0. The largest absolute Gasteiger partial charge is 0.461 e. The van der Waals surface area contributed by atoms with Crippen molar-refractivity contribution < 1.29 is 28.2 Å². The van der Waals surface area contributed by atoms with E-state index in [2.05, 4.69) is 129 Å². The van der Waals surface area contributed by atoms with Crippen LogP contribution in [-0.4, -0.2) is 62.7 Å². The Bertz CT molecular complexity index is 2220. The lowest BCUT2D eigenvalue weighted by Gasteiger charge is -2.54. The van der Waals surface area contributed by atoms with Crippen LogP contribution in [0.3, 0.4) is 0 Å². The molecule has 0 aromatic heterocycles. The summed E-state index contributed by atoms with van der Waals surface area (Å²) in [5.41, 5.74) is 3.99. The highest BCUT2D eigenvalue weighted by Crippen LogP contribution is 2.39. The minimum Gasteiger partial charge on any atom is -0.461 e. The van der Waals surface area contributed by atoms with Gasteiger partial charge in [0.05, 0.1) is 38.9 Å². The summed E-state index contributed by atoms with van der Waals surface area (Å²) in [5.74, 6) is -0.330. The molecule has 326 valence electrons. The fraction of sp³-hybridized carbons (Fsp3) is 0.291. The lowest BCUT2D eigenvalue weighted by molar-refractivity contribution is -0.226. The minimum atomic E-state index is -3.05. The second-order valence-corrected chi connectivity index (χ2v) is 21.5. The Labute approximate surface area is 375 Å². The lowest BCUT2D eigenvalue weighted by atomic mass is 9.85. The first kappa shape index (κ1) is 45.6. The first-order valence-electron chi connectivity index (χ1n) is 22.0. The second-order valence-electron chi connectivity index (χ2n) is 17.2. The van der Waals surface area contributed by atoms with E-state index in [1.54, 1.807) is 0 Å². The van der Waals surface area contributed by atoms with Gasteiger partial charge in [-0.05, 0) is 37.7 Å². The molecule has 8 heteroatoms. The Hall–Kier alpha value is -5.45. The number of ether oxygens (including phenoxy) is 4. The summed E-state index contributed by atoms with van der Waals surface area (Å²) >= 11 is 0. The van der Waals surface area contributed by atoms with Crippen molar-refractivity contribution in [2.75, 3.05) is 13.2 Å². The zero-order valence-electron chi connectivity index (χ0n) is 36.8. The quantitative estimate of drug-likeness (QED) is 0.0431. The molecular weight excluding hydrogens is 799 g/mol. The van der Waals surface area contributed by atoms with Gasteiger partial charge < -0.3 is 23.4 Å². The zero-order valence-corrected chi connectivity index (χ0v) is 37.8. The Morgan fingerprint density at radius 2 is 0.905 bits per heavy atom. The number of carbonyl (C=O) groups excluding carboxylic acids is 1. The van der Waals surface area contributed by atoms with Gasteiger partial charge in [0.25, 0.3) is 8.32 Å². The summed E-state index contributed by atoms with van der Waals surface area (Å²) in [4.78, 5) is 16.5. The lowest BCUT2D eigenvalue weighted by Crippen LogP contribution is -2.72. The number of hydrogen-bond acceptors (Lipinski definition) is 7. The van der Waals surface area contributed by atoms with Crippen LogP contribution in [0.2, 0.25) is 5.04 Å². The van der Waals surface area contributed by atoms with Gasteiger partial charge in [-0.1, -0.05) is 209 Å². The predicted molar refractivity (Wildman–Crippen MR) is 254 cm³/mol. The second kappa shape index (κ2) is 22.3. The number of esters is 1. The van der Waals surface area contributed by atoms with Crippen molar-refractivity contribution in [2.24, 2.45) is 0 Å². The number of benzene rings is 6. The molecule has 1 aliphatic rings. The molecule has 0 radical (unpaired) electrons. The van der Waals surface area contributed by atoms with Crippen LogP contribution in [0.4, 0.5) is 0 Å². The van der Waals surface area contributed by atoms with E-state index in [4.69, 9.17) is 23.4 Å². The molecule has 1 heterocycles. The molecule has 0 amide bonds. The molecular formula is C55H61NO6Si. The molecule has 6 aromatic carbocycles. The molecule has 0 N–H and O–H groups in total. The van der Waals surface area contributed by atoms with Gasteiger partial charge >= 0.3 is 5.97 Å². The van der Waals surface area contributed by atoms with E-state index in [0.717, 1.165) is 22.3 Å². The maximum absolute atomic E-state index is 14.2. The SMILES string of the molecule is C=CCN1[C@@H](CC(=O)OCc2ccccc2)[C@H](OCc2ccccc2)[C@@H](OCc2ccccc2)[C@H](OCc2ccccc2)[C@@H]1CO[Si](c1ccccc1)(c1ccccc1)C(C)(C)C.